The molecule has 100 valence electrons. The Bertz CT molecular complexity index is 762. The summed E-state index contributed by atoms with van der Waals surface area (Å²) in [4.78, 5) is 7.88. The summed E-state index contributed by atoms with van der Waals surface area (Å²) in [6.45, 7) is 0.238. The van der Waals surface area contributed by atoms with Gasteiger partial charge in [-0.3, -0.25) is 0 Å². The first-order valence-electron chi connectivity index (χ1n) is 6.28. The van der Waals surface area contributed by atoms with Gasteiger partial charge in [0.15, 0.2) is 11.5 Å². The molecule has 1 aliphatic heterocycles. The van der Waals surface area contributed by atoms with Crippen LogP contribution in [0.15, 0.2) is 36.4 Å². The lowest BCUT2D eigenvalue weighted by Crippen LogP contribution is -1.92. The minimum absolute atomic E-state index is 0.238. The fourth-order valence-electron chi connectivity index (χ4n) is 2.36. The van der Waals surface area contributed by atoms with Gasteiger partial charge in [0.05, 0.1) is 23.7 Å². The van der Waals surface area contributed by atoms with E-state index in [-0.39, 0.29) is 6.79 Å². The van der Waals surface area contributed by atoms with Crippen LogP contribution in [0.4, 0.5) is 0 Å². The first-order valence-corrected chi connectivity index (χ1v) is 6.28. The van der Waals surface area contributed by atoms with Crippen LogP contribution >= 0.6 is 0 Å². The summed E-state index contributed by atoms with van der Waals surface area (Å²) in [6, 6.07) is 11.6. The van der Waals surface area contributed by atoms with Crippen molar-refractivity contribution >= 4 is 11.0 Å². The molecule has 5 heteroatoms. The first kappa shape index (κ1) is 11.2. The highest BCUT2D eigenvalue weighted by molar-refractivity contribution is 5.81. The molecule has 0 aliphatic carbocycles. The average Bonchev–Trinajstić information content (AvgIpc) is 3.11. The van der Waals surface area contributed by atoms with Gasteiger partial charge in [0.1, 0.15) is 11.6 Å². The normalized spacial score (nSPS) is 12.8. The Kier molecular flexibility index (Phi) is 2.32. The Balaban J connectivity index is 1.92. The molecule has 1 N–H and O–H groups in total. The molecule has 5 nitrogen and oxygen atoms in total. The molecule has 0 unspecified atom stereocenters. The number of ether oxygens (including phenoxy) is 3. The van der Waals surface area contributed by atoms with E-state index in [9.17, 15) is 0 Å². The molecule has 0 atom stereocenters. The lowest BCUT2D eigenvalue weighted by Gasteiger charge is -2.07. The second kappa shape index (κ2) is 4.16. The molecule has 0 radical (unpaired) electrons. The third-order valence-electron chi connectivity index (χ3n) is 3.34. The van der Waals surface area contributed by atoms with Gasteiger partial charge < -0.3 is 19.2 Å². The van der Waals surface area contributed by atoms with E-state index in [1.165, 1.54) is 0 Å². The number of nitrogens with zero attached hydrogens (tertiary/aromatic N) is 1. The van der Waals surface area contributed by atoms with Crippen molar-refractivity contribution in [2.24, 2.45) is 0 Å². The fourth-order valence-corrected chi connectivity index (χ4v) is 2.36. The van der Waals surface area contributed by atoms with Crippen LogP contribution in [-0.4, -0.2) is 23.9 Å². The van der Waals surface area contributed by atoms with Crippen molar-refractivity contribution in [3.05, 3.63) is 36.4 Å². The van der Waals surface area contributed by atoms with Gasteiger partial charge in [-0.05, 0) is 18.2 Å². The quantitative estimate of drug-likeness (QED) is 0.776. The molecule has 1 aromatic heterocycles. The van der Waals surface area contributed by atoms with Gasteiger partial charge in [0, 0.05) is 6.07 Å². The minimum Gasteiger partial charge on any atom is -0.496 e. The summed E-state index contributed by atoms with van der Waals surface area (Å²) < 4.78 is 16.2. The van der Waals surface area contributed by atoms with Gasteiger partial charge in [-0.15, -0.1) is 0 Å². The van der Waals surface area contributed by atoms with Crippen LogP contribution in [0.5, 0.6) is 17.2 Å². The van der Waals surface area contributed by atoms with E-state index >= 15 is 0 Å². The molecule has 0 bridgehead atoms. The second-order valence-corrected chi connectivity index (χ2v) is 4.51. The number of rotatable bonds is 2. The minimum atomic E-state index is 0.238. The zero-order valence-corrected chi connectivity index (χ0v) is 10.8. The van der Waals surface area contributed by atoms with Crippen LogP contribution in [0, 0.1) is 0 Å². The largest absolute Gasteiger partial charge is 0.496 e. The topological polar surface area (TPSA) is 56.4 Å². The predicted molar refractivity (Wildman–Crippen MR) is 74.2 cm³/mol. The number of H-pyrrole nitrogens is 1. The number of hydrogen-bond acceptors (Lipinski definition) is 4. The van der Waals surface area contributed by atoms with Crippen LogP contribution in [-0.2, 0) is 0 Å². The van der Waals surface area contributed by atoms with E-state index in [0.717, 1.165) is 22.4 Å². The monoisotopic (exact) mass is 268 g/mol. The van der Waals surface area contributed by atoms with E-state index in [0.29, 0.717) is 17.2 Å². The number of aromatic nitrogens is 2. The van der Waals surface area contributed by atoms with Crippen molar-refractivity contribution in [2.75, 3.05) is 13.9 Å². The van der Waals surface area contributed by atoms with Crippen molar-refractivity contribution < 1.29 is 14.2 Å². The van der Waals surface area contributed by atoms with Crippen molar-refractivity contribution in [2.45, 2.75) is 0 Å². The van der Waals surface area contributed by atoms with Gasteiger partial charge in [-0.1, -0.05) is 12.1 Å². The lowest BCUT2D eigenvalue weighted by molar-refractivity contribution is 0.174. The molecule has 0 saturated carbocycles. The number of fused-ring (bicyclic) bond motifs is 2. The Morgan fingerprint density at radius 3 is 2.75 bits per heavy atom. The van der Waals surface area contributed by atoms with Gasteiger partial charge >= 0.3 is 0 Å². The van der Waals surface area contributed by atoms with Crippen LogP contribution in [0.1, 0.15) is 0 Å². The SMILES string of the molecule is COc1cc2c(cc1-c1nc3ccccc3[nH]1)OCO2. The number of benzene rings is 2. The smallest absolute Gasteiger partial charge is 0.231 e. The predicted octanol–water partition coefficient (Wildman–Crippen LogP) is 2.97. The molecule has 2 aromatic carbocycles. The molecule has 0 amide bonds. The highest BCUT2D eigenvalue weighted by Gasteiger charge is 2.20. The summed E-state index contributed by atoms with van der Waals surface area (Å²) in [7, 11) is 1.63. The molecule has 2 heterocycles. The summed E-state index contributed by atoms with van der Waals surface area (Å²) in [6.07, 6.45) is 0. The van der Waals surface area contributed by atoms with Crippen molar-refractivity contribution in [3.8, 4) is 28.6 Å². The Morgan fingerprint density at radius 2 is 1.95 bits per heavy atom. The number of methoxy groups -OCH3 is 1. The van der Waals surface area contributed by atoms with Crippen molar-refractivity contribution in [3.63, 3.8) is 0 Å². The highest BCUT2D eigenvalue weighted by atomic mass is 16.7. The summed E-state index contributed by atoms with van der Waals surface area (Å²) in [5.74, 6) is 2.86. The number of nitrogens with one attached hydrogen (secondary N) is 1. The Hall–Kier alpha value is -2.69. The molecule has 20 heavy (non-hydrogen) atoms. The van der Waals surface area contributed by atoms with Crippen LogP contribution < -0.4 is 14.2 Å². The van der Waals surface area contributed by atoms with Crippen molar-refractivity contribution in [1.82, 2.24) is 9.97 Å². The van der Waals surface area contributed by atoms with Gasteiger partial charge in [0.25, 0.3) is 0 Å². The van der Waals surface area contributed by atoms with Crippen LogP contribution in [0.3, 0.4) is 0 Å². The maximum atomic E-state index is 5.43. The maximum absolute atomic E-state index is 5.43. The molecule has 1 aliphatic rings. The molecule has 3 aromatic rings. The molecule has 4 rings (SSSR count). The molecule has 0 saturated heterocycles. The fraction of sp³-hybridized carbons (Fsp3) is 0.133. The van der Waals surface area contributed by atoms with E-state index in [4.69, 9.17) is 14.2 Å². The molecular formula is C15H12N2O3. The number of imidazole rings is 1. The molecular weight excluding hydrogens is 256 g/mol. The Labute approximate surface area is 115 Å². The standard InChI is InChI=1S/C15H12N2O3/c1-18-12-7-14-13(19-8-20-14)6-9(12)15-16-10-4-2-3-5-11(10)17-15/h2-7H,8H2,1H3,(H,16,17). The van der Waals surface area contributed by atoms with E-state index in [1.807, 2.05) is 36.4 Å². The van der Waals surface area contributed by atoms with Gasteiger partial charge in [-0.2, -0.15) is 0 Å². The summed E-state index contributed by atoms with van der Waals surface area (Å²) in [5, 5.41) is 0. The second-order valence-electron chi connectivity index (χ2n) is 4.51. The summed E-state index contributed by atoms with van der Waals surface area (Å²) in [5.41, 5.74) is 2.76. The zero-order chi connectivity index (χ0) is 13.5. The highest BCUT2D eigenvalue weighted by Crippen LogP contribution is 2.41. The number of para-hydroxylation sites is 2. The summed E-state index contributed by atoms with van der Waals surface area (Å²) >= 11 is 0. The van der Waals surface area contributed by atoms with Gasteiger partial charge in [-0.25, -0.2) is 4.98 Å². The third kappa shape index (κ3) is 1.60. The maximum Gasteiger partial charge on any atom is 0.231 e. The van der Waals surface area contributed by atoms with E-state index < -0.39 is 0 Å². The van der Waals surface area contributed by atoms with Gasteiger partial charge in [0.2, 0.25) is 6.79 Å². The molecule has 0 fully saturated rings. The number of hydrogen-bond donors (Lipinski definition) is 1. The Morgan fingerprint density at radius 1 is 1.15 bits per heavy atom. The van der Waals surface area contributed by atoms with Crippen molar-refractivity contribution in [1.29, 1.82) is 0 Å². The van der Waals surface area contributed by atoms with E-state index in [1.54, 1.807) is 7.11 Å². The average molecular weight is 268 g/mol. The molecule has 0 spiro atoms. The third-order valence-corrected chi connectivity index (χ3v) is 3.34. The van der Waals surface area contributed by atoms with E-state index in [2.05, 4.69) is 9.97 Å². The number of aromatic amines is 1. The first-order chi connectivity index (χ1) is 9.85. The lowest BCUT2D eigenvalue weighted by atomic mass is 10.1. The zero-order valence-electron chi connectivity index (χ0n) is 10.8. The van der Waals surface area contributed by atoms with Crippen LogP contribution in [0.25, 0.3) is 22.4 Å². The van der Waals surface area contributed by atoms with Crippen LogP contribution in [0.2, 0.25) is 0 Å².